The van der Waals surface area contributed by atoms with Crippen molar-refractivity contribution in [1.82, 2.24) is 10.6 Å². The summed E-state index contributed by atoms with van der Waals surface area (Å²) in [5, 5.41) is 18.1. The second kappa shape index (κ2) is 6.72. The smallest absolute Gasteiger partial charge is 0.330 e. The minimum Gasteiger partial charge on any atom is -0.479 e. The van der Waals surface area contributed by atoms with Crippen molar-refractivity contribution in [2.75, 3.05) is 0 Å². The number of urea groups is 1. The quantitative estimate of drug-likeness (QED) is 0.791. The first-order valence-electron chi connectivity index (χ1n) is 6.00. The summed E-state index contributed by atoms with van der Waals surface area (Å²) < 4.78 is 0. The predicted molar refractivity (Wildman–Crippen MR) is 76.5 cm³/mol. The van der Waals surface area contributed by atoms with Gasteiger partial charge < -0.3 is 15.7 Å². The van der Waals surface area contributed by atoms with E-state index in [4.69, 9.17) is 0 Å². The Morgan fingerprint density at radius 3 is 2.55 bits per heavy atom. The number of carboxylic acids is 1. The van der Waals surface area contributed by atoms with Crippen LogP contribution >= 0.6 is 11.3 Å². The Bertz CT molecular complexity index is 569. The zero-order valence-electron chi connectivity index (χ0n) is 10.6. The molecule has 0 aliphatic carbocycles. The van der Waals surface area contributed by atoms with Gasteiger partial charge in [-0.3, -0.25) is 0 Å². The van der Waals surface area contributed by atoms with Crippen molar-refractivity contribution in [2.45, 2.75) is 12.6 Å². The number of hydrogen-bond acceptors (Lipinski definition) is 3. The molecule has 5 nitrogen and oxygen atoms in total. The normalized spacial score (nSPS) is 11.6. The highest BCUT2D eigenvalue weighted by atomic mass is 32.1. The number of carbonyl (C=O) groups excluding carboxylic acids is 1. The maximum atomic E-state index is 11.7. The van der Waals surface area contributed by atoms with E-state index in [1.165, 1.54) is 0 Å². The number of hydrogen-bond donors (Lipinski definition) is 3. The molecule has 20 heavy (non-hydrogen) atoms. The van der Waals surface area contributed by atoms with Gasteiger partial charge in [-0.25, -0.2) is 9.59 Å². The average molecular weight is 290 g/mol. The van der Waals surface area contributed by atoms with E-state index in [1.807, 2.05) is 16.8 Å². The SMILES string of the molecule is O=C(NCc1ccsc1)N[C@@H](C(=O)O)c1ccccc1. The van der Waals surface area contributed by atoms with Crippen molar-refractivity contribution in [2.24, 2.45) is 0 Å². The third kappa shape index (κ3) is 3.83. The zero-order valence-corrected chi connectivity index (χ0v) is 11.4. The van der Waals surface area contributed by atoms with Crippen molar-refractivity contribution < 1.29 is 14.7 Å². The van der Waals surface area contributed by atoms with Gasteiger partial charge >= 0.3 is 12.0 Å². The monoisotopic (exact) mass is 290 g/mol. The van der Waals surface area contributed by atoms with Gasteiger partial charge in [0.1, 0.15) is 0 Å². The Labute approximate surface area is 120 Å². The van der Waals surface area contributed by atoms with Crippen LogP contribution in [0.25, 0.3) is 0 Å². The van der Waals surface area contributed by atoms with Gasteiger partial charge in [-0.15, -0.1) is 0 Å². The Balaban J connectivity index is 1.95. The van der Waals surface area contributed by atoms with Gasteiger partial charge in [0.15, 0.2) is 6.04 Å². The van der Waals surface area contributed by atoms with E-state index in [2.05, 4.69) is 10.6 Å². The van der Waals surface area contributed by atoms with Crippen LogP contribution in [0.15, 0.2) is 47.2 Å². The molecule has 2 amide bonds. The first kappa shape index (κ1) is 14.1. The van der Waals surface area contributed by atoms with Crippen molar-refractivity contribution in [3.05, 3.63) is 58.3 Å². The number of rotatable bonds is 5. The molecule has 2 rings (SSSR count). The Morgan fingerprint density at radius 1 is 1.20 bits per heavy atom. The lowest BCUT2D eigenvalue weighted by Gasteiger charge is -2.15. The van der Waals surface area contributed by atoms with E-state index in [0.29, 0.717) is 12.1 Å². The first-order chi connectivity index (χ1) is 9.66. The van der Waals surface area contributed by atoms with Crippen LogP contribution in [-0.4, -0.2) is 17.1 Å². The summed E-state index contributed by atoms with van der Waals surface area (Å²) in [4.78, 5) is 23.0. The number of carboxylic acid groups (broad SMARTS) is 1. The van der Waals surface area contributed by atoms with Crippen molar-refractivity contribution in [3.63, 3.8) is 0 Å². The molecule has 0 unspecified atom stereocenters. The molecule has 0 saturated carbocycles. The minimum absolute atomic E-state index is 0.371. The van der Waals surface area contributed by atoms with Crippen molar-refractivity contribution >= 4 is 23.3 Å². The van der Waals surface area contributed by atoms with Gasteiger partial charge in [0.05, 0.1) is 0 Å². The molecule has 1 aromatic carbocycles. The molecule has 0 fully saturated rings. The Morgan fingerprint density at radius 2 is 1.95 bits per heavy atom. The molecular weight excluding hydrogens is 276 g/mol. The third-order valence-electron chi connectivity index (χ3n) is 2.69. The molecular formula is C14H14N2O3S. The molecule has 1 aromatic heterocycles. The second-order valence-electron chi connectivity index (χ2n) is 4.14. The maximum absolute atomic E-state index is 11.7. The topological polar surface area (TPSA) is 78.4 Å². The van der Waals surface area contributed by atoms with Crippen LogP contribution in [0, 0.1) is 0 Å². The summed E-state index contributed by atoms with van der Waals surface area (Å²) in [6.45, 7) is 0.371. The minimum atomic E-state index is -1.10. The molecule has 1 atom stereocenters. The summed E-state index contributed by atoms with van der Waals surface area (Å²) in [6, 6.07) is 8.92. The standard InChI is InChI=1S/C14H14N2O3S/c17-13(18)12(11-4-2-1-3-5-11)16-14(19)15-8-10-6-7-20-9-10/h1-7,9,12H,8H2,(H,17,18)(H2,15,16,19)/t12-/m1/s1. The van der Waals surface area contributed by atoms with E-state index in [1.54, 1.807) is 41.7 Å². The molecule has 0 aliphatic rings. The van der Waals surface area contributed by atoms with Crippen molar-refractivity contribution in [1.29, 1.82) is 0 Å². The molecule has 1 heterocycles. The van der Waals surface area contributed by atoms with Crippen LogP contribution in [0.1, 0.15) is 17.2 Å². The molecule has 0 saturated heterocycles. The lowest BCUT2D eigenvalue weighted by atomic mass is 10.1. The fraction of sp³-hybridized carbons (Fsp3) is 0.143. The lowest BCUT2D eigenvalue weighted by Crippen LogP contribution is -2.40. The van der Waals surface area contributed by atoms with Crippen LogP contribution < -0.4 is 10.6 Å². The summed E-state index contributed by atoms with van der Waals surface area (Å²) in [5.41, 5.74) is 1.52. The van der Waals surface area contributed by atoms with Gasteiger partial charge in [-0.2, -0.15) is 11.3 Å². The van der Waals surface area contributed by atoms with Gasteiger partial charge in [-0.1, -0.05) is 30.3 Å². The van der Waals surface area contributed by atoms with Crippen LogP contribution in [0.3, 0.4) is 0 Å². The summed E-state index contributed by atoms with van der Waals surface area (Å²) in [5.74, 6) is -1.10. The Kier molecular flexibility index (Phi) is 4.73. The van der Waals surface area contributed by atoms with Gasteiger partial charge in [0.2, 0.25) is 0 Å². The van der Waals surface area contributed by atoms with Gasteiger partial charge in [0.25, 0.3) is 0 Å². The van der Waals surface area contributed by atoms with Crippen LogP contribution in [0.4, 0.5) is 4.79 Å². The summed E-state index contributed by atoms with van der Waals surface area (Å²) in [6.07, 6.45) is 0. The molecule has 0 radical (unpaired) electrons. The van der Waals surface area contributed by atoms with Crippen LogP contribution in [0.2, 0.25) is 0 Å². The van der Waals surface area contributed by atoms with Crippen molar-refractivity contribution in [3.8, 4) is 0 Å². The Hall–Kier alpha value is -2.34. The molecule has 0 aliphatic heterocycles. The van der Waals surface area contributed by atoms with Gasteiger partial charge in [0, 0.05) is 6.54 Å². The van der Waals surface area contributed by atoms with Crippen LogP contribution in [-0.2, 0) is 11.3 Å². The van der Waals surface area contributed by atoms with E-state index < -0.39 is 18.0 Å². The largest absolute Gasteiger partial charge is 0.479 e. The highest BCUT2D eigenvalue weighted by molar-refractivity contribution is 7.07. The predicted octanol–water partition coefficient (Wildman–Crippen LogP) is 2.37. The lowest BCUT2D eigenvalue weighted by molar-refractivity contribution is -0.139. The van der Waals surface area contributed by atoms with E-state index in [0.717, 1.165) is 5.56 Å². The van der Waals surface area contributed by atoms with Crippen LogP contribution in [0.5, 0.6) is 0 Å². The first-order valence-corrected chi connectivity index (χ1v) is 6.94. The molecule has 0 spiro atoms. The highest BCUT2D eigenvalue weighted by Crippen LogP contribution is 2.12. The van der Waals surface area contributed by atoms with E-state index in [9.17, 15) is 14.7 Å². The number of aliphatic carboxylic acids is 1. The summed E-state index contributed by atoms with van der Waals surface area (Å²) >= 11 is 1.54. The number of benzene rings is 1. The van der Waals surface area contributed by atoms with E-state index in [-0.39, 0.29) is 0 Å². The molecule has 2 aromatic rings. The van der Waals surface area contributed by atoms with Gasteiger partial charge in [-0.05, 0) is 28.0 Å². The summed E-state index contributed by atoms with van der Waals surface area (Å²) in [7, 11) is 0. The highest BCUT2D eigenvalue weighted by Gasteiger charge is 2.21. The number of amides is 2. The average Bonchev–Trinajstić information content (AvgIpc) is 2.96. The fourth-order valence-electron chi connectivity index (χ4n) is 1.69. The zero-order chi connectivity index (χ0) is 14.4. The second-order valence-corrected chi connectivity index (χ2v) is 4.92. The molecule has 0 bridgehead atoms. The number of nitrogens with one attached hydrogen (secondary N) is 2. The third-order valence-corrected chi connectivity index (χ3v) is 3.42. The number of thiophene rings is 1. The molecule has 3 N–H and O–H groups in total. The maximum Gasteiger partial charge on any atom is 0.330 e. The molecule has 6 heteroatoms. The number of carbonyl (C=O) groups is 2. The fourth-order valence-corrected chi connectivity index (χ4v) is 2.36. The molecule has 104 valence electrons. The van der Waals surface area contributed by atoms with E-state index >= 15 is 0 Å².